The molecule has 1 aliphatic carbocycles. The maximum absolute atomic E-state index is 12.7. The van der Waals surface area contributed by atoms with Crippen molar-refractivity contribution in [3.8, 4) is 0 Å². The van der Waals surface area contributed by atoms with Crippen molar-refractivity contribution in [1.82, 2.24) is 19.4 Å². The van der Waals surface area contributed by atoms with E-state index in [1.807, 2.05) is 18.1 Å². The summed E-state index contributed by atoms with van der Waals surface area (Å²) in [4.78, 5) is 14.6. The van der Waals surface area contributed by atoms with Gasteiger partial charge in [0.2, 0.25) is 15.9 Å². The SMILES string of the molecule is Cn1cc(C[C@@H]2[C@@H](NS(C)(=O)=O)CCN2C(=O)C2CCC2)cn1. The van der Waals surface area contributed by atoms with Gasteiger partial charge in [-0.2, -0.15) is 5.10 Å². The van der Waals surface area contributed by atoms with Gasteiger partial charge in [0.25, 0.3) is 0 Å². The van der Waals surface area contributed by atoms with Gasteiger partial charge in [0.15, 0.2) is 0 Å². The normalized spacial score (nSPS) is 25.6. The third kappa shape index (κ3) is 3.74. The van der Waals surface area contributed by atoms with Gasteiger partial charge in [0, 0.05) is 31.7 Å². The van der Waals surface area contributed by atoms with Crippen molar-refractivity contribution < 1.29 is 13.2 Å². The van der Waals surface area contributed by atoms with Crippen LogP contribution in [0.15, 0.2) is 12.4 Å². The van der Waals surface area contributed by atoms with Crippen LogP contribution in [-0.4, -0.2) is 53.9 Å². The van der Waals surface area contributed by atoms with Crippen LogP contribution in [0.4, 0.5) is 0 Å². The molecule has 1 saturated carbocycles. The number of amides is 1. The lowest BCUT2D eigenvalue weighted by Gasteiger charge is -2.34. The molecule has 0 bridgehead atoms. The summed E-state index contributed by atoms with van der Waals surface area (Å²) in [7, 11) is -1.45. The number of nitrogens with zero attached hydrogens (tertiary/aromatic N) is 3. The maximum Gasteiger partial charge on any atom is 0.225 e. The Morgan fingerprint density at radius 3 is 2.65 bits per heavy atom. The van der Waals surface area contributed by atoms with Gasteiger partial charge < -0.3 is 4.90 Å². The van der Waals surface area contributed by atoms with Gasteiger partial charge in [-0.1, -0.05) is 6.42 Å². The molecule has 1 aliphatic heterocycles. The van der Waals surface area contributed by atoms with E-state index in [0.717, 1.165) is 24.8 Å². The highest BCUT2D eigenvalue weighted by atomic mass is 32.2. The summed E-state index contributed by atoms with van der Waals surface area (Å²) in [6.07, 6.45) is 9.19. The van der Waals surface area contributed by atoms with Crippen LogP contribution >= 0.6 is 0 Å². The van der Waals surface area contributed by atoms with Crippen molar-refractivity contribution in [3.05, 3.63) is 18.0 Å². The number of likely N-dealkylation sites (tertiary alicyclic amines) is 1. The van der Waals surface area contributed by atoms with Gasteiger partial charge in [-0.15, -0.1) is 0 Å². The average molecular weight is 340 g/mol. The van der Waals surface area contributed by atoms with Gasteiger partial charge in [0.1, 0.15) is 0 Å². The molecule has 128 valence electrons. The minimum Gasteiger partial charge on any atom is -0.337 e. The van der Waals surface area contributed by atoms with Gasteiger partial charge in [-0.25, -0.2) is 13.1 Å². The Balaban J connectivity index is 1.79. The quantitative estimate of drug-likeness (QED) is 0.834. The molecule has 1 N–H and O–H groups in total. The van der Waals surface area contributed by atoms with Gasteiger partial charge in [-0.05, 0) is 31.2 Å². The first kappa shape index (κ1) is 16.4. The molecule has 2 heterocycles. The summed E-state index contributed by atoms with van der Waals surface area (Å²) < 4.78 is 27.7. The molecule has 23 heavy (non-hydrogen) atoms. The second-order valence-corrected chi connectivity index (χ2v) is 8.52. The van der Waals surface area contributed by atoms with E-state index in [0.29, 0.717) is 19.4 Å². The first-order valence-corrected chi connectivity index (χ1v) is 9.98. The standard InChI is InChI=1S/C15H24N4O3S/c1-18-10-11(9-16-18)8-14-13(17-23(2,21)22)6-7-19(14)15(20)12-4-3-5-12/h9-10,12-14,17H,3-8H2,1-2H3/t13-,14+/m0/s1. The largest absolute Gasteiger partial charge is 0.337 e. The Labute approximate surface area is 137 Å². The summed E-state index contributed by atoms with van der Waals surface area (Å²) in [6.45, 7) is 0.619. The lowest BCUT2D eigenvalue weighted by molar-refractivity contribution is -0.139. The molecule has 2 atom stereocenters. The second-order valence-electron chi connectivity index (χ2n) is 6.74. The molecule has 8 heteroatoms. The molecule has 1 aromatic heterocycles. The Morgan fingerprint density at radius 2 is 2.13 bits per heavy atom. The summed E-state index contributed by atoms with van der Waals surface area (Å²) >= 11 is 0. The number of carbonyl (C=O) groups is 1. The Morgan fingerprint density at radius 1 is 1.39 bits per heavy atom. The van der Waals surface area contributed by atoms with Crippen molar-refractivity contribution in [1.29, 1.82) is 0 Å². The molecule has 3 rings (SSSR count). The van der Waals surface area contributed by atoms with Crippen LogP contribution in [0.1, 0.15) is 31.2 Å². The Hall–Kier alpha value is -1.41. The van der Waals surface area contributed by atoms with Crippen LogP contribution in [0.3, 0.4) is 0 Å². The summed E-state index contributed by atoms with van der Waals surface area (Å²) in [5.41, 5.74) is 1.02. The number of carbonyl (C=O) groups excluding carboxylic acids is 1. The van der Waals surface area contributed by atoms with Crippen LogP contribution in [0.25, 0.3) is 0 Å². The van der Waals surface area contributed by atoms with Crippen molar-refractivity contribution >= 4 is 15.9 Å². The predicted molar refractivity (Wildman–Crippen MR) is 86.1 cm³/mol. The molecular weight excluding hydrogens is 316 g/mol. The van der Waals surface area contributed by atoms with E-state index in [-0.39, 0.29) is 23.9 Å². The molecule has 2 fully saturated rings. The van der Waals surface area contributed by atoms with Crippen LogP contribution in [0.5, 0.6) is 0 Å². The van der Waals surface area contributed by atoms with Crippen molar-refractivity contribution in [3.63, 3.8) is 0 Å². The molecular formula is C15H24N4O3S. The van der Waals surface area contributed by atoms with Crippen LogP contribution in [0.2, 0.25) is 0 Å². The zero-order valence-corrected chi connectivity index (χ0v) is 14.4. The van der Waals surface area contributed by atoms with Gasteiger partial charge >= 0.3 is 0 Å². The van der Waals surface area contributed by atoms with Crippen molar-refractivity contribution in [2.24, 2.45) is 13.0 Å². The number of aryl methyl sites for hydroxylation is 1. The van der Waals surface area contributed by atoms with Crippen LogP contribution in [-0.2, 0) is 28.3 Å². The lowest BCUT2D eigenvalue weighted by atomic mass is 9.84. The third-order valence-electron chi connectivity index (χ3n) is 4.85. The highest BCUT2D eigenvalue weighted by Gasteiger charge is 2.41. The summed E-state index contributed by atoms with van der Waals surface area (Å²) in [5, 5.41) is 4.17. The van der Waals surface area contributed by atoms with Crippen molar-refractivity contribution in [2.75, 3.05) is 12.8 Å². The smallest absolute Gasteiger partial charge is 0.225 e. The number of hydrogen-bond donors (Lipinski definition) is 1. The van der Waals surface area contributed by atoms with E-state index in [1.165, 1.54) is 6.26 Å². The average Bonchev–Trinajstić information content (AvgIpc) is 2.94. The highest BCUT2D eigenvalue weighted by molar-refractivity contribution is 7.88. The molecule has 7 nitrogen and oxygen atoms in total. The highest BCUT2D eigenvalue weighted by Crippen LogP contribution is 2.32. The monoisotopic (exact) mass is 340 g/mol. The van der Waals surface area contributed by atoms with E-state index in [4.69, 9.17) is 0 Å². The van der Waals surface area contributed by atoms with E-state index in [1.54, 1.807) is 10.9 Å². The molecule has 2 aliphatic rings. The molecule has 0 spiro atoms. The fraction of sp³-hybridized carbons (Fsp3) is 0.733. The minimum absolute atomic E-state index is 0.128. The molecule has 1 aromatic rings. The second kappa shape index (κ2) is 6.24. The Bertz CT molecular complexity index is 681. The van der Waals surface area contributed by atoms with Crippen molar-refractivity contribution in [2.45, 2.75) is 44.2 Å². The predicted octanol–water partition coefficient (Wildman–Crippen LogP) is 0.281. The number of rotatable bonds is 5. The summed E-state index contributed by atoms with van der Waals surface area (Å²) in [5.74, 6) is 0.311. The van der Waals surface area contributed by atoms with E-state index < -0.39 is 10.0 Å². The maximum atomic E-state index is 12.7. The van der Waals surface area contributed by atoms with E-state index in [9.17, 15) is 13.2 Å². The molecule has 0 radical (unpaired) electrons. The number of nitrogens with one attached hydrogen (secondary N) is 1. The number of aromatic nitrogens is 2. The Kier molecular flexibility index (Phi) is 4.46. The first-order valence-electron chi connectivity index (χ1n) is 8.09. The lowest BCUT2D eigenvalue weighted by Crippen LogP contribution is -2.49. The molecule has 0 unspecified atom stereocenters. The number of hydrogen-bond acceptors (Lipinski definition) is 4. The summed E-state index contributed by atoms with van der Waals surface area (Å²) in [6, 6.07) is -0.365. The zero-order chi connectivity index (χ0) is 16.6. The number of sulfonamides is 1. The molecule has 1 amide bonds. The van der Waals surface area contributed by atoms with Crippen LogP contribution in [0, 0.1) is 5.92 Å². The van der Waals surface area contributed by atoms with Crippen LogP contribution < -0.4 is 4.72 Å². The fourth-order valence-electron chi connectivity index (χ4n) is 3.50. The fourth-order valence-corrected chi connectivity index (χ4v) is 4.33. The first-order chi connectivity index (χ1) is 10.8. The minimum atomic E-state index is -3.30. The third-order valence-corrected chi connectivity index (χ3v) is 5.58. The van der Waals surface area contributed by atoms with E-state index in [2.05, 4.69) is 9.82 Å². The molecule has 0 aromatic carbocycles. The zero-order valence-electron chi connectivity index (χ0n) is 13.6. The van der Waals surface area contributed by atoms with Gasteiger partial charge in [-0.3, -0.25) is 9.48 Å². The van der Waals surface area contributed by atoms with E-state index >= 15 is 0 Å². The topological polar surface area (TPSA) is 84.3 Å². The van der Waals surface area contributed by atoms with Gasteiger partial charge in [0.05, 0.1) is 18.5 Å². The molecule has 1 saturated heterocycles.